The van der Waals surface area contributed by atoms with E-state index in [-0.39, 0.29) is 5.54 Å². The van der Waals surface area contributed by atoms with Gasteiger partial charge in [-0.2, -0.15) is 0 Å². The first-order valence-corrected chi connectivity index (χ1v) is 7.94. The van der Waals surface area contributed by atoms with E-state index in [9.17, 15) is 5.11 Å². The highest BCUT2D eigenvalue weighted by Gasteiger charge is 2.41. The van der Waals surface area contributed by atoms with E-state index in [4.69, 9.17) is 0 Å². The average Bonchev–Trinajstić information content (AvgIpc) is 3.24. The van der Waals surface area contributed by atoms with Gasteiger partial charge in [-0.25, -0.2) is 0 Å². The maximum atomic E-state index is 9.85. The minimum atomic E-state index is 0.0432. The Morgan fingerprint density at radius 1 is 1.06 bits per heavy atom. The average molecular weight is 252 g/mol. The zero-order chi connectivity index (χ0) is 12.4. The van der Waals surface area contributed by atoms with Gasteiger partial charge in [0.25, 0.3) is 0 Å². The second-order valence-electron chi connectivity index (χ2n) is 6.70. The molecule has 1 aliphatic heterocycles. The summed E-state index contributed by atoms with van der Waals surface area (Å²) in [5.74, 6) is 0. The van der Waals surface area contributed by atoms with Crippen LogP contribution in [-0.2, 0) is 0 Å². The van der Waals surface area contributed by atoms with E-state index < -0.39 is 0 Å². The molecule has 2 N–H and O–H groups in total. The Labute approximate surface area is 111 Å². The maximum Gasteiger partial charge on any atom is 0.0613 e. The third-order valence-electron chi connectivity index (χ3n) is 5.12. The van der Waals surface area contributed by atoms with E-state index in [0.717, 1.165) is 6.04 Å². The van der Waals surface area contributed by atoms with Crippen molar-refractivity contribution in [1.29, 1.82) is 0 Å². The summed E-state index contributed by atoms with van der Waals surface area (Å²) in [6.45, 7) is 2.90. The highest BCUT2D eigenvalue weighted by Crippen LogP contribution is 2.35. The third kappa shape index (κ3) is 2.89. The Kier molecular flexibility index (Phi) is 3.92. The lowest BCUT2D eigenvalue weighted by atomic mass is 9.78. The Bertz CT molecular complexity index is 274. The predicted molar refractivity (Wildman–Crippen MR) is 73.7 cm³/mol. The van der Waals surface area contributed by atoms with E-state index in [0.29, 0.717) is 12.6 Å². The highest BCUT2D eigenvalue weighted by molar-refractivity contribution is 5.00. The van der Waals surface area contributed by atoms with Crippen LogP contribution in [0.2, 0.25) is 0 Å². The van der Waals surface area contributed by atoms with Crippen LogP contribution in [0.15, 0.2) is 0 Å². The number of piperidine rings is 1. The van der Waals surface area contributed by atoms with Crippen molar-refractivity contribution in [3.63, 3.8) is 0 Å². The summed E-state index contributed by atoms with van der Waals surface area (Å²) in [6, 6.07) is 1.43. The first kappa shape index (κ1) is 12.9. The van der Waals surface area contributed by atoms with Gasteiger partial charge in [0, 0.05) is 17.6 Å². The molecule has 0 radical (unpaired) electrons. The molecule has 18 heavy (non-hydrogen) atoms. The molecule has 0 aromatic heterocycles. The molecule has 3 aliphatic rings. The fourth-order valence-corrected chi connectivity index (χ4v) is 3.91. The summed E-state index contributed by atoms with van der Waals surface area (Å²) in [4.78, 5) is 2.70. The summed E-state index contributed by atoms with van der Waals surface area (Å²) in [5.41, 5.74) is 0.0432. The highest BCUT2D eigenvalue weighted by atomic mass is 16.3. The molecule has 1 saturated heterocycles. The molecule has 3 heteroatoms. The van der Waals surface area contributed by atoms with Gasteiger partial charge in [0.2, 0.25) is 0 Å². The van der Waals surface area contributed by atoms with E-state index in [1.165, 1.54) is 70.9 Å². The normalized spacial score (nSPS) is 38.8. The molecule has 2 unspecified atom stereocenters. The second kappa shape index (κ2) is 5.48. The SMILES string of the molecule is OCC1(NC2CC2)CCCC(N2CCCCC2)C1. The lowest BCUT2D eigenvalue weighted by molar-refractivity contribution is 0.0496. The van der Waals surface area contributed by atoms with Crippen molar-refractivity contribution in [3.8, 4) is 0 Å². The van der Waals surface area contributed by atoms with E-state index in [1.54, 1.807) is 0 Å². The van der Waals surface area contributed by atoms with E-state index >= 15 is 0 Å². The molecule has 3 nitrogen and oxygen atoms in total. The topological polar surface area (TPSA) is 35.5 Å². The van der Waals surface area contributed by atoms with Crippen molar-refractivity contribution >= 4 is 0 Å². The van der Waals surface area contributed by atoms with Crippen LogP contribution in [0.25, 0.3) is 0 Å². The minimum absolute atomic E-state index is 0.0432. The van der Waals surface area contributed by atoms with Crippen LogP contribution in [0.5, 0.6) is 0 Å². The van der Waals surface area contributed by atoms with Crippen molar-refractivity contribution in [2.45, 2.75) is 75.4 Å². The van der Waals surface area contributed by atoms with Gasteiger partial charge in [-0.3, -0.25) is 0 Å². The first-order chi connectivity index (χ1) is 8.81. The van der Waals surface area contributed by atoms with Crippen LogP contribution < -0.4 is 5.32 Å². The molecule has 0 spiro atoms. The largest absolute Gasteiger partial charge is 0.394 e. The molecule has 1 heterocycles. The molecular formula is C15H28N2O. The fraction of sp³-hybridized carbons (Fsp3) is 1.00. The van der Waals surface area contributed by atoms with Gasteiger partial charge in [0.1, 0.15) is 0 Å². The predicted octanol–water partition coefficient (Wildman–Crippen LogP) is 1.90. The van der Waals surface area contributed by atoms with Crippen LogP contribution in [0.1, 0.15) is 57.8 Å². The summed E-state index contributed by atoms with van der Waals surface area (Å²) >= 11 is 0. The van der Waals surface area contributed by atoms with Gasteiger partial charge in [-0.15, -0.1) is 0 Å². The summed E-state index contributed by atoms with van der Waals surface area (Å²) < 4.78 is 0. The number of likely N-dealkylation sites (tertiary alicyclic amines) is 1. The van der Waals surface area contributed by atoms with Gasteiger partial charge in [0.05, 0.1) is 6.61 Å². The number of nitrogens with zero attached hydrogens (tertiary/aromatic N) is 1. The molecule has 104 valence electrons. The lowest BCUT2D eigenvalue weighted by Crippen LogP contribution is -2.57. The van der Waals surface area contributed by atoms with Crippen LogP contribution in [-0.4, -0.2) is 47.3 Å². The number of aliphatic hydroxyl groups is 1. The first-order valence-electron chi connectivity index (χ1n) is 7.94. The number of aliphatic hydroxyl groups excluding tert-OH is 1. The lowest BCUT2D eigenvalue weighted by Gasteiger charge is -2.45. The molecule has 2 atom stereocenters. The monoisotopic (exact) mass is 252 g/mol. The molecular weight excluding hydrogens is 224 g/mol. The summed E-state index contributed by atoms with van der Waals surface area (Å²) in [5, 5.41) is 13.6. The quantitative estimate of drug-likeness (QED) is 0.802. The number of nitrogens with one attached hydrogen (secondary N) is 1. The zero-order valence-corrected chi connectivity index (χ0v) is 11.5. The molecule has 0 bridgehead atoms. The van der Waals surface area contributed by atoms with Crippen LogP contribution in [0.3, 0.4) is 0 Å². The van der Waals surface area contributed by atoms with Crippen LogP contribution >= 0.6 is 0 Å². The molecule has 3 fully saturated rings. The van der Waals surface area contributed by atoms with E-state index in [1.807, 2.05) is 0 Å². The smallest absolute Gasteiger partial charge is 0.0613 e. The van der Waals surface area contributed by atoms with Gasteiger partial charge < -0.3 is 15.3 Å². The number of hydrogen-bond acceptors (Lipinski definition) is 3. The Morgan fingerprint density at radius 2 is 1.83 bits per heavy atom. The van der Waals surface area contributed by atoms with Gasteiger partial charge in [-0.05, 0) is 64.5 Å². The fourth-order valence-electron chi connectivity index (χ4n) is 3.91. The minimum Gasteiger partial charge on any atom is -0.394 e. The standard InChI is InChI=1S/C15H28N2O/c18-12-15(16-13-6-7-13)8-4-5-14(11-15)17-9-2-1-3-10-17/h13-14,16,18H,1-12H2. The Balaban J connectivity index is 1.61. The van der Waals surface area contributed by atoms with Gasteiger partial charge in [0.15, 0.2) is 0 Å². The van der Waals surface area contributed by atoms with Crippen molar-refractivity contribution in [2.75, 3.05) is 19.7 Å². The molecule has 0 aromatic rings. The summed E-state index contributed by atoms with van der Waals surface area (Å²) in [7, 11) is 0. The maximum absolute atomic E-state index is 9.85. The van der Waals surface area contributed by atoms with Gasteiger partial charge in [-0.1, -0.05) is 6.42 Å². The van der Waals surface area contributed by atoms with Gasteiger partial charge >= 0.3 is 0 Å². The third-order valence-corrected chi connectivity index (χ3v) is 5.12. The van der Waals surface area contributed by atoms with Crippen molar-refractivity contribution in [1.82, 2.24) is 10.2 Å². The zero-order valence-electron chi connectivity index (χ0n) is 11.5. The molecule has 2 aliphatic carbocycles. The molecule has 3 rings (SSSR count). The van der Waals surface area contributed by atoms with Crippen molar-refractivity contribution < 1.29 is 5.11 Å². The summed E-state index contributed by atoms with van der Waals surface area (Å²) in [6.07, 6.45) is 11.7. The van der Waals surface area contributed by atoms with Crippen LogP contribution in [0.4, 0.5) is 0 Å². The number of rotatable bonds is 4. The molecule has 2 saturated carbocycles. The Hall–Kier alpha value is -0.120. The molecule has 0 amide bonds. The molecule has 0 aromatic carbocycles. The number of hydrogen-bond donors (Lipinski definition) is 2. The van der Waals surface area contributed by atoms with Crippen molar-refractivity contribution in [2.24, 2.45) is 0 Å². The Morgan fingerprint density at radius 3 is 2.50 bits per heavy atom. The second-order valence-corrected chi connectivity index (χ2v) is 6.70. The van der Waals surface area contributed by atoms with E-state index in [2.05, 4.69) is 10.2 Å². The van der Waals surface area contributed by atoms with Crippen molar-refractivity contribution in [3.05, 3.63) is 0 Å². The van der Waals surface area contributed by atoms with Crippen LogP contribution in [0, 0.1) is 0 Å².